The van der Waals surface area contributed by atoms with Gasteiger partial charge in [-0.15, -0.1) is 0 Å². The fraction of sp³-hybridized carbons (Fsp3) is 0.917. The molecule has 10 heteroatoms. The van der Waals surface area contributed by atoms with Crippen LogP contribution in [0, 0.1) is 0 Å². The quantitative estimate of drug-likeness (QED) is 0.166. The lowest BCUT2D eigenvalue weighted by atomic mass is 10.2. The maximum absolute atomic E-state index is 11.8. The highest BCUT2D eigenvalue weighted by atomic mass is 16.6. The van der Waals surface area contributed by atoms with Gasteiger partial charge in [-0.3, -0.25) is 4.79 Å². The Morgan fingerprint density at radius 1 is 0.676 bits per heavy atom. The molecule has 0 fully saturated rings. The van der Waals surface area contributed by atoms with Crippen LogP contribution in [-0.2, 0) is 38.0 Å². The van der Waals surface area contributed by atoms with Gasteiger partial charge < -0.3 is 38.1 Å². The predicted octanol–water partition coefficient (Wildman–Crippen LogP) is 3.06. The van der Waals surface area contributed by atoms with Gasteiger partial charge in [-0.05, 0) is 27.2 Å². The molecule has 202 valence electrons. The lowest BCUT2D eigenvalue weighted by Gasteiger charge is -2.24. The Bertz CT molecular complexity index is 497. The first-order valence-corrected chi connectivity index (χ1v) is 12.2. The van der Waals surface area contributed by atoms with Gasteiger partial charge in [-0.2, -0.15) is 0 Å². The van der Waals surface area contributed by atoms with Gasteiger partial charge in [0.2, 0.25) is 0 Å². The molecule has 0 aliphatic rings. The first-order chi connectivity index (χ1) is 16.3. The lowest BCUT2D eigenvalue weighted by Crippen LogP contribution is -2.36. The summed E-state index contributed by atoms with van der Waals surface area (Å²) in [7, 11) is 1.68. The number of rotatable bonds is 22. The number of unbranched alkanes of at least 4 members (excludes halogenated alkanes) is 2. The number of carbonyl (C=O) groups is 2. The Hall–Kier alpha value is -1.46. The van der Waals surface area contributed by atoms with Gasteiger partial charge in [-0.25, -0.2) is 4.79 Å². The standard InChI is InChI=1S/C24H47NO9/c1-6-7-8-9-22(26)33-21-20-32-19-18-31-17-16-30-15-14-29-13-12-28-11-10-25(5)23(27)34-24(2,3)4/h6-21H2,1-5H3. The molecule has 0 spiro atoms. The van der Waals surface area contributed by atoms with Crippen LogP contribution in [0.15, 0.2) is 0 Å². The topological polar surface area (TPSA) is 102 Å². The van der Waals surface area contributed by atoms with Crippen LogP contribution in [0.4, 0.5) is 4.79 Å². The molecule has 0 bridgehead atoms. The van der Waals surface area contributed by atoms with Gasteiger partial charge in [0.25, 0.3) is 0 Å². The molecule has 34 heavy (non-hydrogen) atoms. The zero-order valence-electron chi connectivity index (χ0n) is 21.9. The van der Waals surface area contributed by atoms with E-state index < -0.39 is 5.60 Å². The average molecular weight is 494 g/mol. The van der Waals surface area contributed by atoms with Crippen molar-refractivity contribution in [3.05, 3.63) is 0 Å². The molecule has 0 aliphatic carbocycles. The van der Waals surface area contributed by atoms with Gasteiger partial charge in [0.05, 0.1) is 66.1 Å². The van der Waals surface area contributed by atoms with Crippen LogP contribution < -0.4 is 0 Å². The van der Waals surface area contributed by atoms with E-state index in [2.05, 4.69) is 6.92 Å². The van der Waals surface area contributed by atoms with Crippen LogP contribution in [0.25, 0.3) is 0 Å². The van der Waals surface area contributed by atoms with Crippen molar-refractivity contribution >= 4 is 12.1 Å². The fourth-order valence-corrected chi connectivity index (χ4v) is 2.42. The molecule has 0 N–H and O–H groups in total. The van der Waals surface area contributed by atoms with Crippen molar-refractivity contribution in [3.8, 4) is 0 Å². The van der Waals surface area contributed by atoms with Crippen molar-refractivity contribution in [1.82, 2.24) is 4.90 Å². The normalized spacial score (nSPS) is 11.4. The largest absolute Gasteiger partial charge is 0.463 e. The molecule has 0 saturated heterocycles. The number of likely N-dealkylation sites (N-methyl/N-ethyl adjacent to an activating group) is 1. The zero-order valence-corrected chi connectivity index (χ0v) is 21.9. The fourth-order valence-electron chi connectivity index (χ4n) is 2.42. The summed E-state index contributed by atoms with van der Waals surface area (Å²) in [6.07, 6.45) is 3.13. The van der Waals surface area contributed by atoms with Crippen molar-refractivity contribution < 1.29 is 42.7 Å². The van der Waals surface area contributed by atoms with Crippen LogP contribution in [-0.4, -0.2) is 109 Å². The van der Waals surface area contributed by atoms with E-state index in [-0.39, 0.29) is 18.7 Å². The summed E-state index contributed by atoms with van der Waals surface area (Å²) in [5.41, 5.74) is -0.505. The first kappa shape index (κ1) is 32.5. The molecular weight excluding hydrogens is 446 g/mol. The number of esters is 1. The molecule has 1 amide bonds. The highest BCUT2D eigenvalue weighted by Gasteiger charge is 2.19. The molecule has 10 nitrogen and oxygen atoms in total. The monoisotopic (exact) mass is 493 g/mol. The molecule has 0 atom stereocenters. The van der Waals surface area contributed by atoms with Gasteiger partial charge in [0, 0.05) is 20.0 Å². The van der Waals surface area contributed by atoms with E-state index >= 15 is 0 Å². The molecule has 0 aliphatic heterocycles. The summed E-state index contributed by atoms with van der Waals surface area (Å²) < 4.78 is 37.4. The third-order valence-electron chi connectivity index (χ3n) is 4.24. The SMILES string of the molecule is CCCCCC(=O)OCCOCCOCCOCCOCCOCCN(C)C(=O)OC(C)(C)C. The molecule has 0 aromatic rings. The second-order valence-corrected chi connectivity index (χ2v) is 8.64. The lowest BCUT2D eigenvalue weighted by molar-refractivity contribution is -0.145. The van der Waals surface area contributed by atoms with Crippen LogP contribution in [0.1, 0.15) is 53.4 Å². The number of amides is 1. The van der Waals surface area contributed by atoms with Crippen LogP contribution >= 0.6 is 0 Å². The van der Waals surface area contributed by atoms with Crippen molar-refractivity contribution in [2.75, 3.05) is 86.3 Å². The molecular formula is C24H47NO9. The van der Waals surface area contributed by atoms with E-state index in [1.807, 2.05) is 20.8 Å². The molecule has 0 aromatic heterocycles. The summed E-state index contributed by atoms with van der Waals surface area (Å²) in [5.74, 6) is -0.162. The second-order valence-electron chi connectivity index (χ2n) is 8.64. The highest BCUT2D eigenvalue weighted by molar-refractivity contribution is 5.69. The number of hydrogen-bond donors (Lipinski definition) is 0. The van der Waals surface area contributed by atoms with Crippen LogP contribution in [0.2, 0.25) is 0 Å². The summed E-state index contributed by atoms with van der Waals surface area (Å²) in [6.45, 7) is 12.8. The highest BCUT2D eigenvalue weighted by Crippen LogP contribution is 2.08. The van der Waals surface area contributed by atoms with E-state index in [0.29, 0.717) is 79.0 Å². The Kier molecular flexibility index (Phi) is 21.1. The minimum absolute atomic E-state index is 0.162. The maximum atomic E-state index is 11.8. The Morgan fingerprint density at radius 2 is 1.12 bits per heavy atom. The van der Waals surface area contributed by atoms with Gasteiger partial charge in [0.15, 0.2) is 0 Å². The third-order valence-corrected chi connectivity index (χ3v) is 4.24. The van der Waals surface area contributed by atoms with E-state index in [9.17, 15) is 9.59 Å². The van der Waals surface area contributed by atoms with Crippen molar-refractivity contribution in [3.63, 3.8) is 0 Å². The third kappa shape index (κ3) is 23.7. The van der Waals surface area contributed by atoms with Crippen molar-refractivity contribution in [1.29, 1.82) is 0 Å². The molecule has 0 unspecified atom stereocenters. The number of hydrogen-bond acceptors (Lipinski definition) is 9. The van der Waals surface area contributed by atoms with E-state index in [1.165, 1.54) is 4.90 Å². The van der Waals surface area contributed by atoms with Crippen molar-refractivity contribution in [2.24, 2.45) is 0 Å². The van der Waals surface area contributed by atoms with E-state index in [0.717, 1.165) is 19.3 Å². The van der Waals surface area contributed by atoms with E-state index in [1.54, 1.807) is 7.05 Å². The number of nitrogens with zero attached hydrogens (tertiary/aromatic N) is 1. The summed E-state index contributed by atoms with van der Waals surface area (Å²) in [6, 6.07) is 0. The minimum Gasteiger partial charge on any atom is -0.463 e. The number of ether oxygens (including phenoxy) is 7. The van der Waals surface area contributed by atoms with Gasteiger partial charge in [-0.1, -0.05) is 19.8 Å². The first-order valence-electron chi connectivity index (χ1n) is 12.2. The summed E-state index contributed by atoms with van der Waals surface area (Å²) in [4.78, 5) is 24.7. The van der Waals surface area contributed by atoms with Gasteiger partial charge >= 0.3 is 12.1 Å². The molecule has 0 rings (SSSR count). The number of carbonyl (C=O) groups excluding carboxylic acids is 2. The maximum Gasteiger partial charge on any atom is 0.410 e. The smallest absolute Gasteiger partial charge is 0.410 e. The zero-order chi connectivity index (χ0) is 25.5. The van der Waals surface area contributed by atoms with Gasteiger partial charge in [0.1, 0.15) is 12.2 Å². The molecule has 0 heterocycles. The van der Waals surface area contributed by atoms with Crippen LogP contribution in [0.5, 0.6) is 0 Å². The average Bonchev–Trinajstić information content (AvgIpc) is 2.77. The Morgan fingerprint density at radius 3 is 1.56 bits per heavy atom. The van der Waals surface area contributed by atoms with E-state index in [4.69, 9.17) is 33.2 Å². The summed E-state index contributed by atoms with van der Waals surface area (Å²) >= 11 is 0. The van der Waals surface area contributed by atoms with Crippen LogP contribution in [0.3, 0.4) is 0 Å². The predicted molar refractivity (Wildman–Crippen MR) is 128 cm³/mol. The molecule has 0 radical (unpaired) electrons. The molecule has 0 aromatic carbocycles. The minimum atomic E-state index is -0.505. The van der Waals surface area contributed by atoms with Crippen molar-refractivity contribution in [2.45, 2.75) is 59.0 Å². The second kappa shape index (κ2) is 22.0. The summed E-state index contributed by atoms with van der Waals surface area (Å²) in [5, 5.41) is 0. The molecule has 0 saturated carbocycles. The Labute approximate surface area is 205 Å². The Balaban J connectivity index is 3.26.